The minimum atomic E-state index is -0.0822. The fourth-order valence-corrected chi connectivity index (χ4v) is 2.40. The standard InChI is InChI=1S/C11H14IN5O/c1-15(6-8-4-5-13-17(8)3)11(18)10-9(12)7-16(2)14-10/h4-5,7H,6H2,1-3H3. The van der Waals surface area contributed by atoms with Gasteiger partial charge < -0.3 is 4.90 Å². The van der Waals surface area contributed by atoms with Crippen molar-refractivity contribution in [3.8, 4) is 0 Å². The Morgan fingerprint density at radius 3 is 2.72 bits per heavy atom. The van der Waals surface area contributed by atoms with Gasteiger partial charge >= 0.3 is 0 Å². The molecule has 2 aromatic rings. The minimum absolute atomic E-state index is 0.0822. The van der Waals surface area contributed by atoms with Gasteiger partial charge in [-0.15, -0.1) is 0 Å². The molecule has 2 rings (SSSR count). The van der Waals surface area contributed by atoms with Gasteiger partial charge in [0.15, 0.2) is 5.69 Å². The predicted octanol–water partition coefficient (Wildman–Crippen LogP) is 1.03. The first-order valence-electron chi connectivity index (χ1n) is 5.40. The molecule has 0 spiro atoms. The van der Waals surface area contributed by atoms with E-state index in [1.54, 1.807) is 34.6 Å². The van der Waals surface area contributed by atoms with E-state index < -0.39 is 0 Å². The summed E-state index contributed by atoms with van der Waals surface area (Å²) in [5, 5.41) is 8.26. The normalized spacial score (nSPS) is 10.7. The highest BCUT2D eigenvalue weighted by Crippen LogP contribution is 2.13. The van der Waals surface area contributed by atoms with Crippen LogP contribution in [0.5, 0.6) is 0 Å². The maximum Gasteiger partial charge on any atom is 0.275 e. The van der Waals surface area contributed by atoms with Gasteiger partial charge in [-0.1, -0.05) is 0 Å². The Hall–Kier alpha value is -1.38. The van der Waals surface area contributed by atoms with E-state index in [1.807, 2.05) is 19.3 Å². The summed E-state index contributed by atoms with van der Waals surface area (Å²) in [4.78, 5) is 13.9. The van der Waals surface area contributed by atoms with E-state index in [0.717, 1.165) is 9.26 Å². The third kappa shape index (κ3) is 2.55. The van der Waals surface area contributed by atoms with Crippen molar-refractivity contribution in [2.24, 2.45) is 14.1 Å². The molecule has 96 valence electrons. The van der Waals surface area contributed by atoms with Crippen LogP contribution in [0.4, 0.5) is 0 Å². The summed E-state index contributed by atoms with van der Waals surface area (Å²) >= 11 is 2.12. The third-order valence-corrected chi connectivity index (χ3v) is 3.44. The topological polar surface area (TPSA) is 56.0 Å². The number of aromatic nitrogens is 4. The summed E-state index contributed by atoms with van der Waals surface area (Å²) in [5.74, 6) is -0.0822. The highest BCUT2D eigenvalue weighted by molar-refractivity contribution is 14.1. The second kappa shape index (κ2) is 5.09. The summed E-state index contributed by atoms with van der Waals surface area (Å²) in [6.45, 7) is 0.516. The molecule has 0 saturated heterocycles. The highest BCUT2D eigenvalue weighted by atomic mass is 127. The zero-order valence-electron chi connectivity index (χ0n) is 10.5. The Balaban J connectivity index is 2.14. The molecule has 18 heavy (non-hydrogen) atoms. The quantitative estimate of drug-likeness (QED) is 0.770. The number of hydrogen-bond acceptors (Lipinski definition) is 3. The lowest BCUT2D eigenvalue weighted by Gasteiger charge is -2.16. The average molecular weight is 359 g/mol. The van der Waals surface area contributed by atoms with E-state index in [-0.39, 0.29) is 5.91 Å². The van der Waals surface area contributed by atoms with Crippen molar-refractivity contribution < 1.29 is 4.79 Å². The number of halogens is 1. The van der Waals surface area contributed by atoms with Gasteiger partial charge in [0, 0.05) is 33.5 Å². The molecular weight excluding hydrogens is 345 g/mol. The molecule has 2 heterocycles. The first-order chi connectivity index (χ1) is 8.49. The van der Waals surface area contributed by atoms with Crippen LogP contribution >= 0.6 is 22.6 Å². The van der Waals surface area contributed by atoms with Crippen LogP contribution in [0.1, 0.15) is 16.2 Å². The van der Waals surface area contributed by atoms with Gasteiger partial charge in [0.2, 0.25) is 0 Å². The molecule has 0 aromatic carbocycles. The molecule has 0 atom stereocenters. The van der Waals surface area contributed by atoms with Gasteiger partial charge in [-0.25, -0.2) is 0 Å². The second-order valence-corrected chi connectivity index (χ2v) is 5.27. The van der Waals surface area contributed by atoms with E-state index in [1.165, 1.54) is 0 Å². The first kappa shape index (κ1) is 13.1. The van der Waals surface area contributed by atoms with Crippen molar-refractivity contribution in [3.63, 3.8) is 0 Å². The zero-order valence-corrected chi connectivity index (χ0v) is 12.6. The van der Waals surface area contributed by atoms with Gasteiger partial charge in [0.1, 0.15) is 0 Å². The summed E-state index contributed by atoms with van der Waals surface area (Å²) in [5.41, 5.74) is 1.47. The van der Waals surface area contributed by atoms with Gasteiger partial charge in [-0.2, -0.15) is 10.2 Å². The van der Waals surface area contributed by atoms with Crippen LogP contribution in [0.15, 0.2) is 18.5 Å². The Labute approximate surface area is 119 Å². The van der Waals surface area contributed by atoms with Crippen LogP contribution in [0.25, 0.3) is 0 Å². The molecule has 0 bridgehead atoms. The number of rotatable bonds is 3. The predicted molar refractivity (Wildman–Crippen MR) is 74.9 cm³/mol. The molecular formula is C11H14IN5O. The van der Waals surface area contributed by atoms with Crippen LogP contribution in [-0.4, -0.2) is 37.4 Å². The maximum atomic E-state index is 12.2. The molecule has 0 aliphatic heterocycles. The van der Waals surface area contributed by atoms with E-state index >= 15 is 0 Å². The number of aryl methyl sites for hydroxylation is 2. The van der Waals surface area contributed by atoms with Crippen LogP contribution in [-0.2, 0) is 20.6 Å². The first-order valence-corrected chi connectivity index (χ1v) is 6.48. The van der Waals surface area contributed by atoms with Gasteiger partial charge in [0.05, 0.1) is 15.8 Å². The Morgan fingerprint density at radius 2 is 2.22 bits per heavy atom. The zero-order chi connectivity index (χ0) is 13.3. The molecule has 7 heteroatoms. The third-order valence-electron chi connectivity index (χ3n) is 2.66. The fraction of sp³-hybridized carbons (Fsp3) is 0.364. The number of hydrogen-bond donors (Lipinski definition) is 0. The van der Waals surface area contributed by atoms with Crippen molar-refractivity contribution in [2.45, 2.75) is 6.54 Å². The lowest BCUT2D eigenvalue weighted by atomic mass is 10.3. The lowest BCUT2D eigenvalue weighted by molar-refractivity contribution is 0.0774. The van der Waals surface area contributed by atoms with Crippen LogP contribution in [0.2, 0.25) is 0 Å². The van der Waals surface area contributed by atoms with Crippen molar-refractivity contribution in [1.29, 1.82) is 0 Å². The molecule has 0 radical (unpaired) electrons. The monoisotopic (exact) mass is 359 g/mol. The molecule has 1 amide bonds. The Morgan fingerprint density at radius 1 is 1.50 bits per heavy atom. The number of nitrogens with zero attached hydrogens (tertiary/aromatic N) is 5. The van der Waals surface area contributed by atoms with Gasteiger partial charge in [-0.05, 0) is 28.7 Å². The summed E-state index contributed by atoms with van der Waals surface area (Å²) in [6.07, 6.45) is 3.55. The van der Waals surface area contributed by atoms with Gasteiger partial charge in [0.25, 0.3) is 5.91 Å². The van der Waals surface area contributed by atoms with Crippen LogP contribution in [0, 0.1) is 3.57 Å². The average Bonchev–Trinajstić information content (AvgIpc) is 2.85. The summed E-state index contributed by atoms with van der Waals surface area (Å²) in [6, 6.07) is 1.90. The fourth-order valence-electron chi connectivity index (χ4n) is 1.66. The van der Waals surface area contributed by atoms with E-state index in [0.29, 0.717) is 12.2 Å². The van der Waals surface area contributed by atoms with E-state index in [2.05, 4.69) is 32.8 Å². The van der Waals surface area contributed by atoms with Crippen LogP contribution < -0.4 is 0 Å². The molecule has 0 fully saturated rings. The smallest absolute Gasteiger partial charge is 0.275 e. The minimum Gasteiger partial charge on any atom is -0.334 e. The van der Waals surface area contributed by atoms with Gasteiger partial charge in [-0.3, -0.25) is 14.2 Å². The van der Waals surface area contributed by atoms with E-state index in [4.69, 9.17) is 0 Å². The van der Waals surface area contributed by atoms with E-state index in [9.17, 15) is 4.79 Å². The lowest BCUT2D eigenvalue weighted by Crippen LogP contribution is -2.28. The molecule has 2 aromatic heterocycles. The SMILES string of the molecule is CN(Cc1ccnn1C)C(=O)c1nn(C)cc1I. The molecule has 0 aliphatic rings. The molecule has 0 N–H and O–H groups in total. The van der Waals surface area contributed by atoms with Crippen molar-refractivity contribution in [1.82, 2.24) is 24.5 Å². The largest absolute Gasteiger partial charge is 0.334 e. The molecule has 0 aliphatic carbocycles. The number of carbonyl (C=O) groups excluding carboxylic acids is 1. The maximum absolute atomic E-state index is 12.2. The Kier molecular flexibility index (Phi) is 3.69. The van der Waals surface area contributed by atoms with Crippen LogP contribution in [0.3, 0.4) is 0 Å². The second-order valence-electron chi connectivity index (χ2n) is 4.11. The Bertz CT molecular complexity index is 574. The molecule has 0 unspecified atom stereocenters. The number of carbonyl (C=O) groups is 1. The van der Waals surface area contributed by atoms with Crippen molar-refractivity contribution in [3.05, 3.63) is 33.4 Å². The number of amides is 1. The molecule has 6 nitrogen and oxygen atoms in total. The highest BCUT2D eigenvalue weighted by Gasteiger charge is 2.19. The summed E-state index contributed by atoms with van der Waals surface area (Å²) < 4.78 is 4.26. The molecule has 0 saturated carbocycles. The van der Waals surface area contributed by atoms with Crippen molar-refractivity contribution in [2.75, 3.05) is 7.05 Å². The summed E-state index contributed by atoms with van der Waals surface area (Å²) in [7, 11) is 5.43. The van der Waals surface area contributed by atoms with Crippen molar-refractivity contribution >= 4 is 28.5 Å².